The van der Waals surface area contributed by atoms with E-state index in [1.54, 1.807) is 19.1 Å². The highest BCUT2D eigenvalue weighted by Gasteiger charge is 2.31. The Morgan fingerprint density at radius 1 is 1.12 bits per heavy atom. The van der Waals surface area contributed by atoms with Crippen molar-refractivity contribution in [1.29, 1.82) is 5.26 Å². The van der Waals surface area contributed by atoms with Gasteiger partial charge in [-0.1, -0.05) is 18.3 Å². The van der Waals surface area contributed by atoms with E-state index in [0.717, 1.165) is 68.7 Å². The van der Waals surface area contributed by atoms with E-state index < -0.39 is 0 Å². The molecule has 1 aromatic carbocycles. The maximum absolute atomic E-state index is 13.5. The second-order valence-corrected chi connectivity index (χ2v) is 11.5. The molecule has 2 saturated heterocycles. The van der Waals surface area contributed by atoms with Crippen LogP contribution in [0.2, 0.25) is 0 Å². The number of imidazole rings is 1. The molecule has 1 amide bonds. The minimum atomic E-state index is -0.333. The van der Waals surface area contributed by atoms with E-state index >= 15 is 0 Å². The number of thiazole rings is 1. The number of nitriles is 1. The van der Waals surface area contributed by atoms with Crippen LogP contribution < -0.4 is 9.80 Å². The van der Waals surface area contributed by atoms with Gasteiger partial charge >= 0.3 is 0 Å². The number of amides is 1. The van der Waals surface area contributed by atoms with Crippen LogP contribution in [0.3, 0.4) is 0 Å². The Bertz CT molecular complexity index is 1620. The van der Waals surface area contributed by atoms with Crippen molar-refractivity contribution in [2.45, 2.75) is 32.7 Å². The van der Waals surface area contributed by atoms with Crippen LogP contribution >= 0.6 is 11.3 Å². The molecule has 1 unspecified atom stereocenters. The molecule has 212 valence electrons. The fraction of sp³-hybridized carbons (Fsp3) is 0.414. The third-order valence-electron chi connectivity index (χ3n) is 8.05. The zero-order valence-corrected chi connectivity index (χ0v) is 24.2. The highest BCUT2D eigenvalue weighted by atomic mass is 32.1. The molecule has 2 fully saturated rings. The number of nitrogens with zero attached hydrogens (tertiary/aromatic N) is 9. The number of benzene rings is 1. The van der Waals surface area contributed by atoms with E-state index in [1.165, 1.54) is 23.5 Å². The van der Waals surface area contributed by atoms with Crippen molar-refractivity contribution >= 4 is 39.7 Å². The summed E-state index contributed by atoms with van der Waals surface area (Å²) in [7, 11) is 1.91. The second-order valence-electron chi connectivity index (χ2n) is 10.5. The molecule has 0 radical (unpaired) electrons. The Balaban J connectivity index is 1.27. The molecule has 0 N–H and O–H groups in total. The van der Waals surface area contributed by atoms with Crippen molar-refractivity contribution in [2.24, 2.45) is 0 Å². The molecule has 4 aromatic rings. The van der Waals surface area contributed by atoms with Crippen molar-refractivity contribution in [3.63, 3.8) is 0 Å². The number of piperazine rings is 1. The SMILES string of the molecule is CCc1nc2ccc(N3CCC(N4CCN(C(C)=O)CC4)C3)nn2c1N(C)c1nc(-c2ccc(F)cc2)c(C#N)s1. The fourth-order valence-electron chi connectivity index (χ4n) is 5.77. The van der Waals surface area contributed by atoms with Gasteiger partial charge in [-0.2, -0.15) is 9.78 Å². The van der Waals surface area contributed by atoms with Crippen LogP contribution in [0.5, 0.6) is 0 Å². The van der Waals surface area contributed by atoms with E-state index in [0.29, 0.717) is 33.7 Å². The van der Waals surface area contributed by atoms with Gasteiger partial charge in [0.15, 0.2) is 16.6 Å². The molecule has 12 heteroatoms. The predicted octanol–water partition coefficient (Wildman–Crippen LogP) is 3.94. The number of carbonyl (C=O) groups excluding carboxylic acids is 1. The van der Waals surface area contributed by atoms with Crippen LogP contribution in [-0.2, 0) is 11.2 Å². The second kappa shape index (κ2) is 11.1. The van der Waals surface area contributed by atoms with Crippen LogP contribution in [-0.4, -0.2) is 87.6 Å². The molecule has 41 heavy (non-hydrogen) atoms. The zero-order valence-electron chi connectivity index (χ0n) is 23.4. The summed E-state index contributed by atoms with van der Waals surface area (Å²) in [5, 5.41) is 15.5. The summed E-state index contributed by atoms with van der Waals surface area (Å²) < 4.78 is 15.4. The minimum absolute atomic E-state index is 0.149. The Morgan fingerprint density at radius 3 is 2.56 bits per heavy atom. The highest BCUT2D eigenvalue weighted by molar-refractivity contribution is 7.16. The number of halogens is 1. The van der Waals surface area contributed by atoms with E-state index in [9.17, 15) is 14.4 Å². The van der Waals surface area contributed by atoms with E-state index in [4.69, 9.17) is 15.1 Å². The third-order valence-corrected chi connectivity index (χ3v) is 9.08. The van der Waals surface area contributed by atoms with Gasteiger partial charge in [0.05, 0.1) is 5.69 Å². The Labute approximate surface area is 242 Å². The molecule has 10 nitrogen and oxygen atoms in total. The lowest BCUT2D eigenvalue weighted by atomic mass is 10.1. The van der Waals surface area contributed by atoms with Crippen LogP contribution in [0.15, 0.2) is 36.4 Å². The molecule has 2 aliphatic heterocycles. The van der Waals surface area contributed by atoms with Gasteiger partial charge < -0.3 is 14.7 Å². The number of anilines is 3. The summed E-state index contributed by atoms with van der Waals surface area (Å²) in [6, 6.07) is 12.7. The average Bonchev–Trinajstić information content (AvgIpc) is 3.74. The van der Waals surface area contributed by atoms with Crippen LogP contribution in [0.1, 0.15) is 30.8 Å². The highest BCUT2D eigenvalue weighted by Crippen LogP contribution is 2.37. The molecule has 0 aliphatic carbocycles. The van der Waals surface area contributed by atoms with Gasteiger partial charge in [-0.25, -0.2) is 14.4 Å². The van der Waals surface area contributed by atoms with Gasteiger partial charge in [-0.05, 0) is 49.2 Å². The van der Waals surface area contributed by atoms with Gasteiger partial charge in [0.25, 0.3) is 0 Å². The smallest absolute Gasteiger partial charge is 0.219 e. The van der Waals surface area contributed by atoms with Gasteiger partial charge in [0, 0.05) is 64.8 Å². The van der Waals surface area contributed by atoms with Crippen LogP contribution in [0, 0.1) is 17.1 Å². The summed E-state index contributed by atoms with van der Waals surface area (Å²) in [6.07, 6.45) is 1.76. The summed E-state index contributed by atoms with van der Waals surface area (Å²) >= 11 is 1.29. The number of rotatable bonds is 6. The monoisotopic (exact) mass is 573 g/mol. The summed E-state index contributed by atoms with van der Waals surface area (Å²) in [5.41, 5.74) is 2.86. The molecule has 0 spiro atoms. The Kier molecular flexibility index (Phi) is 7.32. The van der Waals surface area contributed by atoms with E-state index in [2.05, 4.69) is 22.8 Å². The third kappa shape index (κ3) is 5.11. The molecule has 6 rings (SSSR count). The Hall–Kier alpha value is -4.08. The minimum Gasteiger partial charge on any atom is -0.354 e. The molecule has 0 bridgehead atoms. The van der Waals surface area contributed by atoms with Crippen molar-refractivity contribution < 1.29 is 9.18 Å². The normalized spacial score (nSPS) is 17.8. The maximum atomic E-state index is 13.5. The van der Waals surface area contributed by atoms with Gasteiger partial charge in [-0.3, -0.25) is 9.69 Å². The lowest BCUT2D eigenvalue weighted by Crippen LogP contribution is -2.52. The molecule has 3 aromatic heterocycles. The quantitative estimate of drug-likeness (QED) is 0.342. The van der Waals surface area contributed by atoms with Crippen molar-refractivity contribution in [1.82, 2.24) is 29.4 Å². The van der Waals surface area contributed by atoms with Crippen LogP contribution in [0.25, 0.3) is 16.9 Å². The van der Waals surface area contributed by atoms with Crippen molar-refractivity contribution in [3.8, 4) is 17.3 Å². The van der Waals surface area contributed by atoms with E-state index in [1.807, 2.05) is 33.5 Å². The summed E-state index contributed by atoms with van der Waals surface area (Å²) in [5.74, 6) is 1.52. The van der Waals surface area contributed by atoms with Crippen molar-refractivity contribution in [2.75, 3.05) is 56.1 Å². The molecule has 0 saturated carbocycles. The van der Waals surface area contributed by atoms with Gasteiger partial charge in [-0.15, -0.1) is 5.10 Å². The fourth-order valence-corrected chi connectivity index (χ4v) is 6.62. The first kappa shape index (κ1) is 27.1. The number of fused-ring (bicyclic) bond motifs is 1. The number of hydrogen-bond acceptors (Lipinski definition) is 9. The average molecular weight is 574 g/mol. The summed E-state index contributed by atoms with van der Waals surface area (Å²) in [6.45, 7) is 8.87. The molecular weight excluding hydrogens is 541 g/mol. The first-order valence-corrected chi connectivity index (χ1v) is 14.7. The van der Waals surface area contributed by atoms with Gasteiger partial charge in [0.2, 0.25) is 5.91 Å². The number of aryl methyl sites for hydroxylation is 1. The number of hydrogen-bond donors (Lipinski definition) is 0. The maximum Gasteiger partial charge on any atom is 0.219 e. The molecule has 5 heterocycles. The molecule has 1 atom stereocenters. The topological polar surface area (TPSA) is 96.9 Å². The predicted molar refractivity (Wildman–Crippen MR) is 157 cm³/mol. The van der Waals surface area contributed by atoms with Gasteiger partial charge in [0.1, 0.15) is 28.3 Å². The number of aromatic nitrogens is 4. The first-order valence-electron chi connectivity index (χ1n) is 13.9. The summed E-state index contributed by atoms with van der Waals surface area (Å²) in [4.78, 5) is 30.5. The zero-order chi connectivity index (χ0) is 28.7. The largest absolute Gasteiger partial charge is 0.354 e. The lowest BCUT2D eigenvalue weighted by Gasteiger charge is -2.37. The standard InChI is InChI=1S/C29H32FN9OS/c1-4-23-28(35(3)29-33-27(24(17-31)41-29)20-5-7-21(30)8-6-20)39-25(32-23)9-10-26(34-39)38-12-11-22(18-38)37-15-13-36(14-16-37)19(2)40/h5-10,22H,4,11-16,18H2,1-3H3. The molecular formula is C29H32FN9OS. The molecule has 2 aliphatic rings. The van der Waals surface area contributed by atoms with E-state index in [-0.39, 0.29) is 11.7 Å². The number of carbonyl (C=O) groups is 1. The lowest BCUT2D eigenvalue weighted by molar-refractivity contribution is -0.130. The first-order chi connectivity index (χ1) is 19.9. The van der Waals surface area contributed by atoms with Crippen LogP contribution in [0.4, 0.5) is 21.2 Å². The Morgan fingerprint density at radius 2 is 1.88 bits per heavy atom. The van der Waals surface area contributed by atoms with Crippen molar-refractivity contribution in [3.05, 3.63) is 52.8 Å².